The van der Waals surface area contributed by atoms with Crippen molar-refractivity contribution in [3.05, 3.63) is 71.5 Å². The van der Waals surface area contributed by atoms with Crippen molar-refractivity contribution in [2.24, 2.45) is 0 Å². The number of Topliss-reactive ketones (excluding diaryl/α,β-unsaturated/α-hetero) is 1. The molecule has 1 heterocycles. The van der Waals surface area contributed by atoms with E-state index in [0.717, 1.165) is 30.1 Å². The quantitative estimate of drug-likeness (QED) is 0.361. The van der Waals surface area contributed by atoms with E-state index in [1.165, 1.54) is 28.7 Å². The van der Waals surface area contributed by atoms with Gasteiger partial charge in [-0.3, -0.25) is 9.10 Å². The van der Waals surface area contributed by atoms with Gasteiger partial charge in [-0.25, -0.2) is 8.42 Å². The first kappa shape index (κ1) is 21.6. The molecule has 0 radical (unpaired) electrons. The van der Waals surface area contributed by atoms with Crippen molar-refractivity contribution >= 4 is 33.3 Å². The molecule has 1 aromatic heterocycles. The predicted molar refractivity (Wildman–Crippen MR) is 122 cm³/mol. The number of hydrogen-bond donors (Lipinski definition) is 0. The average Bonchev–Trinajstić information content (AvgIpc) is 3.53. The first-order valence-corrected chi connectivity index (χ1v) is 12.8. The Hall–Kier alpha value is -2.65. The third-order valence-corrected chi connectivity index (χ3v) is 7.43. The normalized spacial score (nSPS) is 13.9. The van der Waals surface area contributed by atoms with Crippen molar-refractivity contribution in [2.45, 2.75) is 30.5 Å². The average molecular weight is 457 g/mol. The molecule has 1 aliphatic carbocycles. The van der Waals surface area contributed by atoms with E-state index >= 15 is 0 Å². The number of aromatic nitrogens is 3. The van der Waals surface area contributed by atoms with Crippen LogP contribution in [-0.4, -0.2) is 48.0 Å². The lowest BCUT2D eigenvalue weighted by atomic mass is 10.1. The van der Waals surface area contributed by atoms with Crippen LogP contribution in [0.1, 0.15) is 40.5 Å². The van der Waals surface area contributed by atoms with Gasteiger partial charge in [0.1, 0.15) is 5.82 Å². The second-order valence-electron chi connectivity index (χ2n) is 7.68. The maximum atomic E-state index is 12.7. The first-order chi connectivity index (χ1) is 14.8. The molecule has 2 aromatic carbocycles. The van der Waals surface area contributed by atoms with Crippen LogP contribution >= 0.6 is 11.8 Å². The van der Waals surface area contributed by atoms with Crippen LogP contribution in [0.15, 0.2) is 59.8 Å². The number of hydrogen-bond acceptors (Lipinski definition) is 6. The molecule has 0 N–H and O–H groups in total. The molecule has 0 unspecified atom stereocenters. The van der Waals surface area contributed by atoms with E-state index in [4.69, 9.17) is 0 Å². The van der Waals surface area contributed by atoms with Gasteiger partial charge < -0.3 is 4.57 Å². The minimum Gasteiger partial charge on any atom is -0.301 e. The van der Waals surface area contributed by atoms with Crippen LogP contribution in [0.25, 0.3) is 0 Å². The lowest BCUT2D eigenvalue weighted by Gasteiger charge is -2.16. The van der Waals surface area contributed by atoms with E-state index in [9.17, 15) is 13.2 Å². The third kappa shape index (κ3) is 5.16. The van der Waals surface area contributed by atoms with Gasteiger partial charge in [-0.1, -0.05) is 42.1 Å². The minimum atomic E-state index is -3.34. The summed E-state index contributed by atoms with van der Waals surface area (Å²) in [5, 5.41) is 9.49. The van der Waals surface area contributed by atoms with Crippen molar-refractivity contribution in [3.63, 3.8) is 0 Å². The molecule has 1 saturated carbocycles. The first-order valence-electron chi connectivity index (χ1n) is 10.00. The Balaban J connectivity index is 1.46. The second kappa shape index (κ2) is 8.84. The van der Waals surface area contributed by atoms with Crippen LogP contribution in [0.3, 0.4) is 0 Å². The molecule has 0 saturated heterocycles. The van der Waals surface area contributed by atoms with Crippen molar-refractivity contribution in [1.82, 2.24) is 14.8 Å². The molecular formula is C22H24N4O3S2. The molecule has 1 fully saturated rings. The highest BCUT2D eigenvalue weighted by Crippen LogP contribution is 2.40. The van der Waals surface area contributed by atoms with Gasteiger partial charge in [0.15, 0.2) is 10.9 Å². The fraction of sp³-hybridized carbons (Fsp3) is 0.318. The Morgan fingerprint density at radius 2 is 1.77 bits per heavy atom. The Kier molecular flexibility index (Phi) is 6.15. The Morgan fingerprint density at radius 1 is 1.10 bits per heavy atom. The molecule has 0 amide bonds. The van der Waals surface area contributed by atoms with Gasteiger partial charge in [-0.2, -0.15) is 0 Å². The lowest BCUT2D eigenvalue weighted by molar-refractivity contribution is 0.102. The van der Waals surface area contributed by atoms with Crippen LogP contribution in [0.2, 0.25) is 0 Å². The number of carbonyl (C=O) groups is 1. The fourth-order valence-electron chi connectivity index (χ4n) is 3.23. The summed E-state index contributed by atoms with van der Waals surface area (Å²) in [5.41, 5.74) is 2.22. The summed E-state index contributed by atoms with van der Waals surface area (Å²) >= 11 is 1.38. The Bertz CT molecular complexity index is 1170. The molecule has 9 heteroatoms. The Labute approximate surface area is 186 Å². The van der Waals surface area contributed by atoms with E-state index in [1.54, 1.807) is 24.3 Å². The number of benzene rings is 2. The Morgan fingerprint density at radius 3 is 2.39 bits per heavy atom. The molecule has 3 aromatic rings. The molecule has 0 atom stereocenters. The standard InChI is InChI=1S/C22H24N4O3S2/c1-25(31(2,28)29)19-12-10-17(11-13-19)20(27)15-30-22-24-23-21(18-8-9-18)26(22)14-16-6-4-3-5-7-16/h3-7,10-13,18H,8-9,14-15H2,1-2H3. The molecule has 0 spiro atoms. The van der Waals surface area contributed by atoms with Gasteiger partial charge in [-0.05, 0) is 42.7 Å². The van der Waals surface area contributed by atoms with Crippen LogP contribution in [0, 0.1) is 0 Å². The zero-order valence-electron chi connectivity index (χ0n) is 17.4. The molecule has 162 valence electrons. The summed E-state index contributed by atoms with van der Waals surface area (Å²) in [5.74, 6) is 1.65. The van der Waals surface area contributed by atoms with E-state index in [0.29, 0.717) is 23.7 Å². The van der Waals surface area contributed by atoms with Crippen molar-refractivity contribution in [3.8, 4) is 0 Å². The van der Waals surface area contributed by atoms with Crippen LogP contribution in [-0.2, 0) is 16.6 Å². The number of carbonyl (C=O) groups excluding carboxylic acids is 1. The van der Waals surface area contributed by atoms with E-state index in [-0.39, 0.29) is 11.5 Å². The molecule has 0 bridgehead atoms. The van der Waals surface area contributed by atoms with Crippen LogP contribution in [0.5, 0.6) is 0 Å². The van der Waals surface area contributed by atoms with Crippen LogP contribution in [0.4, 0.5) is 5.69 Å². The van der Waals surface area contributed by atoms with E-state index < -0.39 is 10.0 Å². The SMILES string of the molecule is CN(c1ccc(C(=O)CSc2nnc(C3CC3)n2Cc2ccccc2)cc1)S(C)(=O)=O. The molecule has 1 aliphatic rings. The van der Waals surface area contributed by atoms with Crippen LogP contribution < -0.4 is 4.31 Å². The number of nitrogens with zero attached hydrogens (tertiary/aromatic N) is 4. The van der Waals surface area contributed by atoms with Gasteiger partial charge in [0.25, 0.3) is 0 Å². The van der Waals surface area contributed by atoms with Gasteiger partial charge in [0, 0.05) is 18.5 Å². The zero-order chi connectivity index (χ0) is 22.0. The summed E-state index contributed by atoms with van der Waals surface area (Å²) in [6.45, 7) is 0.683. The monoisotopic (exact) mass is 456 g/mol. The van der Waals surface area contributed by atoms with Gasteiger partial charge in [-0.15, -0.1) is 10.2 Å². The molecule has 7 nitrogen and oxygen atoms in total. The summed E-state index contributed by atoms with van der Waals surface area (Å²) < 4.78 is 26.6. The second-order valence-corrected chi connectivity index (χ2v) is 10.6. The number of rotatable bonds is 9. The van der Waals surface area contributed by atoms with Crippen molar-refractivity contribution in [2.75, 3.05) is 23.4 Å². The maximum absolute atomic E-state index is 12.7. The highest BCUT2D eigenvalue weighted by molar-refractivity contribution is 7.99. The molecule has 0 aliphatic heterocycles. The van der Waals surface area contributed by atoms with Gasteiger partial charge in [0.05, 0.1) is 24.2 Å². The summed E-state index contributed by atoms with van der Waals surface area (Å²) in [4.78, 5) is 12.7. The van der Waals surface area contributed by atoms with E-state index in [1.807, 2.05) is 18.2 Å². The summed E-state index contributed by atoms with van der Waals surface area (Å²) in [7, 11) is -1.85. The molecular weight excluding hydrogens is 432 g/mol. The fourth-order valence-corrected chi connectivity index (χ4v) is 4.57. The van der Waals surface area contributed by atoms with Crippen molar-refractivity contribution < 1.29 is 13.2 Å². The lowest BCUT2D eigenvalue weighted by Crippen LogP contribution is -2.24. The number of sulfonamides is 1. The van der Waals surface area contributed by atoms with Gasteiger partial charge in [0.2, 0.25) is 10.0 Å². The van der Waals surface area contributed by atoms with Crippen molar-refractivity contribution in [1.29, 1.82) is 0 Å². The number of anilines is 1. The highest BCUT2D eigenvalue weighted by Gasteiger charge is 2.30. The molecule has 31 heavy (non-hydrogen) atoms. The zero-order valence-corrected chi connectivity index (χ0v) is 19.1. The maximum Gasteiger partial charge on any atom is 0.231 e. The van der Waals surface area contributed by atoms with E-state index in [2.05, 4.69) is 26.9 Å². The third-order valence-electron chi connectivity index (χ3n) is 5.25. The smallest absolute Gasteiger partial charge is 0.231 e. The largest absolute Gasteiger partial charge is 0.301 e. The highest BCUT2D eigenvalue weighted by atomic mass is 32.2. The summed E-state index contributed by atoms with van der Waals surface area (Å²) in [6, 6.07) is 16.8. The number of ketones is 1. The predicted octanol–water partition coefficient (Wildman–Crippen LogP) is 3.57. The molecule has 4 rings (SSSR count). The topological polar surface area (TPSA) is 85.2 Å². The number of thioether (sulfide) groups is 1. The van der Waals surface area contributed by atoms with Gasteiger partial charge >= 0.3 is 0 Å². The summed E-state index contributed by atoms with van der Waals surface area (Å²) in [6.07, 6.45) is 3.40. The minimum absolute atomic E-state index is 0.0409.